The molecule has 0 aromatic carbocycles. The molecule has 0 saturated carbocycles. The Morgan fingerprint density at radius 1 is 1.42 bits per heavy atom. The van der Waals surface area contributed by atoms with Gasteiger partial charge in [0.15, 0.2) is 0 Å². The summed E-state index contributed by atoms with van der Waals surface area (Å²) in [6.07, 6.45) is 5.63. The van der Waals surface area contributed by atoms with Gasteiger partial charge in [0, 0.05) is 10.9 Å². The minimum absolute atomic E-state index is 0.105. The van der Waals surface area contributed by atoms with Gasteiger partial charge in [-0.3, -0.25) is 19.5 Å². The van der Waals surface area contributed by atoms with E-state index < -0.39 is 0 Å². The molecule has 0 saturated heterocycles. The molecule has 3 aromatic rings. The second-order valence-electron chi connectivity index (χ2n) is 5.95. The monoisotopic (exact) mass is 344 g/mol. The number of rotatable bonds is 3. The summed E-state index contributed by atoms with van der Waals surface area (Å²) in [6.45, 7) is 1.66. The van der Waals surface area contributed by atoms with Gasteiger partial charge in [0.25, 0.3) is 5.56 Å². The van der Waals surface area contributed by atoms with Crippen molar-refractivity contribution in [3.63, 3.8) is 0 Å². The van der Waals surface area contributed by atoms with Crippen molar-refractivity contribution in [1.82, 2.24) is 14.7 Å². The molecule has 8 heteroatoms. The lowest BCUT2D eigenvalue weighted by Crippen LogP contribution is -2.28. The highest BCUT2D eigenvalue weighted by Crippen LogP contribution is 2.33. The first-order valence-corrected chi connectivity index (χ1v) is 8.66. The molecule has 0 unspecified atom stereocenters. The number of aryl methyl sites for hydroxylation is 3. The molecule has 0 bridgehead atoms. The fourth-order valence-electron chi connectivity index (χ4n) is 3.05. The summed E-state index contributed by atoms with van der Waals surface area (Å²) in [5, 5.41) is 6.98. The molecule has 24 heavy (non-hydrogen) atoms. The Bertz CT molecular complexity index is 985. The number of amides is 1. The molecule has 1 aliphatic carbocycles. The number of carbonyl (C=O) groups is 1. The lowest BCUT2D eigenvalue weighted by atomic mass is 9.97. The molecule has 1 aliphatic rings. The van der Waals surface area contributed by atoms with Gasteiger partial charge in [0.05, 0.1) is 17.4 Å². The van der Waals surface area contributed by atoms with E-state index in [1.165, 1.54) is 15.8 Å². The highest BCUT2D eigenvalue weighted by molar-refractivity contribution is 7.18. The first kappa shape index (κ1) is 15.1. The second-order valence-corrected chi connectivity index (χ2v) is 7.03. The Kier molecular flexibility index (Phi) is 3.68. The topological polar surface area (TPSA) is 90.0 Å². The van der Waals surface area contributed by atoms with Crippen LogP contribution in [0.1, 0.15) is 29.0 Å². The third kappa shape index (κ3) is 2.62. The van der Waals surface area contributed by atoms with Gasteiger partial charge in [0.2, 0.25) is 11.8 Å². The third-order valence-electron chi connectivity index (χ3n) is 4.15. The molecule has 7 nitrogen and oxygen atoms in total. The van der Waals surface area contributed by atoms with Gasteiger partial charge in [0.1, 0.15) is 11.4 Å². The number of hydrogen-bond acceptors (Lipinski definition) is 6. The van der Waals surface area contributed by atoms with Crippen LogP contribution in [0.3, 0.4) is 0 Å². The van der Waals surface area contributed by atoms with Crippen LogP contribution in [0.25, 0.3) is 10.2 Å². The van der Waals surface area contributed by atoms with Gasteiger partial charge >= 0.3 is 0 Å². The van der Waals surface area contributed by atoms with Gasteiger partial charge < -0.3 is 4.52 Å². The second kappa shape index (κ2) is 5.86. The van der Waals surface area contributed by atoms with E-state index in [0.29, 0.717) is 11.1 Å². The van der Waals surface area contributed by atoms with Crippen molar-refractivity contribution < 1.29 is 9.32 Å². The first-order chi connectivity index (χ1) is 11.6. The number of thiophene rings is 1. The number of anilines is 1. The lowest BCUT2D eigenvalue weighted by molar-refractivity contribution is -0.116. The summed E-state index contributed by atoms with van der Waals surface area (Å²) >= 11 is 1.60. The highest BCUT2D eigenvalue weighted by atomic mass is 32.1. The van der Waals surface area contributed by atoms with E-state index in [9.17, 15) is 9.59 Å². The average molecular weight is 344 g/mol. The Morgan fingerprint density at radius 2 is 2.25 bits per heavy atom. The number of nitrogens with one attached hydrogen (secondary N) is 1. The maximum Gasteiger partial charge on any atom is 0.262 e. The molecule has 1 amide bonds. The van der Waals surface area contributed by atoms with Crippen LogP contribution in [0, 0.1) is 6.92 Å². The molecule has 4 rings (SSSR count). The van der Waals surface area contributed by atoms with E-state index >= 15 is 0 Å². The molecule has 1 N–H and O–H groups in total. The average Bonchev–Trinajstić information content (AvgIpc) is 3.13. The van der Waals surface area contributed by atoms with Gasteiger partial charge in [-0.05, 0) is 38.2 Å². The molecular formula is C16H16N4O3S. The third-order valence-corrected chi connectivity index (χ3v) is 5.35. The zero-order valence-corrected chi connectivity index (χ0v) is 14.0. The Morgan fingerprint density at radius 3 is 3.04 bits per heavy atom. The fourth-order valence-corrected chi connectivity index (χ4v) is 4.27. The van der Waals surface area contributed by atoms with Crippen LogP contribution < -0.4 is 10.9 Å². The predicted octanol–water partition coefficient (Wildman–Crippen LogP) is 2.27. The maximum atomic E-state index is 12.8. The van der Waals surface area contributed by atoms with Gasteiger partial charge in [-0.1, -0.05) is 5.16 Å². The van der Waals surface area contributed by atoms with Crippen molar-refractivity contribution in [1.29, 1.82) is 0 Å². The summed E-state index contributed by atoms with van der Waals surface area (Å²) in [5.74, 6) is -0.0778. The zero-order chi connectivity index (χ0) is 16.7. The van der Waals surface area contributed by atoms with E-state index in [0.717, 1.165) is 36.1 Å². The Hall–Kier alpha value is -2.48. The van der Waals surface area contributed by atoms with Gasteiger partial charge in [-0.2, -0.15) is 0 Å². The van der Waals surface area contributed by atoms with Crippen LogP contribution >= 0.6 is 11.3 Å². The molecule has 124 valence electrons. The quantitative estimate of drug-likeness (QED) is 0.787. The number of nitrogens with zero attached hydrogens (tertiary/aromatic N) is 3. The first-order valence-electron chi connectivity index (χ1n) is 7.84. The minimum atomic E-state index is -0.349. The van der Waals surface area contributed by atoms with Crippen molar-refractivity contribution in [2.45, 2.75) is 39.2 Å². The normalized spacial score (nSPS) is 13.9. The Balaban J connectivity index is 1.63. The summed E-state index contributed by atoms with van der Waals surface area (Å²) in [4.78, 5) is 31.3. The Labute approximate surface area is 141 Å². The van der Waals surface area contributed by atoms with Crippen molar-refractivity contribution in [3.05, 3.63) is 38.9 Å². The van der Waals surface area contributed by atoms with E-state index in [4.69, 9.17) is 4.52 Å². The largest absolute Gasteiger partial charge is 0.338 e. The summed E-state index contributed by atoms with van der Waals surface area (Å²) < 4.78 is 6.30. The molecule has 0 aliphatic heterocycles. The van der Waals surface area contributed by atoms with Crippen molar-refractivity contribution in [2.75, 3.05) is 5.32 Å². The summed E-state index contributed by atoms with van der Waals surface area (Å²) in [6, 6.07) is 1.62. The number of aromatic nitrogens is 3. The molecular weight excluding hydrogens is 328 g/mol. The van der Waals surface area contributed by atoms with Crippen LogP contribution in [-0.4, -0.2) is 20.6 Å². The molecule has 0 fully saturated rings. The van der Waals surface area contributed by atoms with E-state index in [-0.39, 0.29) is 23.9 Å². The smallest absolute Gasteiger partial charge is 0.262 e. The van der Waals surface area contributed by atoms with E-state index in [1.807, 2.05) is 0 Å². The SMILES string of the molecule is Cc1cc(NC(=O)Cn2cnc3sc4c(c3c2=O)CCCC4)on1. The molecule has 0 atom stereocenters. The molecule has 0 spiro atoms. The van der Waals surface area contributed by atoms with Gasteiger partial charge in [-0.15, -0.1) is 11.3 Å². The number of carbonyl (C=O) groups excluding carboxylic acids is 1. The fraction of sp³-hybridized carbons (Fsp3) is 0.375. The van der Waals surface area contributed by atoms with Crippen LogP contribution in [0.4, 0.5) is 5.88 Å². The zero-order valence-electron chi connectivity index (χ0n) is 13.2. The minimum Gasteiger partial charge on any atom is -0.338 e. The van der Waals surface area contributed by atoms with Crippen LogP contribution in [0.2, 0.25) is 0 Å². The van der Waals surface area contributed by atoms with Crippen molar-refractivity contribution >= 4 is 33.3 Å². The lowest BCUT2D eigenvalue weighted by Gasteiger charge is -2.10. The summed E-state index contributed by atoms with van der Waals surface area (Å²) in [5.41, 5.74) is 1.65. The molecule has 3 heterocycles. The highest BCUT2D eigenvalue weighted by Gasteiger charge is 2.20. The number of hydrogen-bond donors (Lipinski definition) is 1. The van der Waals surface area contributed by atoms with E-state index in [2.05, 4.69) is 15.5 Å². The van der Waals surface area contributed by atoms with Crippen molar-refractivity contribution in [3.8, 4) is 0 Å². The van der Waals surface area contributed by atoms with Crippen molar-refractivity contribution in [2.24, 2.45) is 0 Å². The van der Waals surface area contributed by atoms with Gasteiger partial charge in [-0.25, -0.2) is 4.98 Å². The molecule has 3 aromatic heterocycles. The maximum absolute atomic E-state index is 12.8. The van der Waals surface area contributed by atoms with Crippen LogP contribution in [0.5, 0.6) is 0 Å². The van der Waals surface area contributed by atoms with Crippen LogP contribution in [0.15, 0.2) is 21.7 Å². The summed E-state index contributed by atoms with van der Waals surface area (Å²) in [7, 11) is 0. The number of fused-ring (bicyclic) bond motifs is 3. The molecule has 0 radical (unpaired) electrons. The van der Waals surface area contributed by atoms with Crippen LogP contribution in [-0.2, 0) is 24.2 Å². The predicted molar refractivity (Wildman–Crippen MR) is 90.4 cm³/mol. The standard InChI is InChI=1S/C16H16N4O3S/c1-9-6-13(23-19-9)18-12(21)7-20-8-17-15-14(16(20)22)10-4-2-3-5-11(10)24-15/h6,8H,2-5,7H2,1H3,(H,18,21). The van der Waals surface area contributed by atoms with E-state index in [1.54, 1.807) is 24.3 Å².